The minimum Gasteiger partial charge on any atom is -0.492 e. The van der Waals surface area contributed by atoms with Gasteiger partial charge in [-0.2, -0.15) is 0 Å². The Labute approximate surface area is 103 Å². The fourth-order valence-corrected chi connectivity index (χ4v) is 1.98. The van der Waals surface area contributed by atoms with Crippen LogP contribution >= 0.6 is 15.9 Å². The van der Waals surface area contributed by atoms with Gasteiger partial charge < -0.3 is 15.2 Å². The lowest BCUT2D eigenvalue weighted by molar-refractivity contribution is 0.333. The van der Waals surface area contributed by atoms with Crippen LogP contribution < -0.4 is 15.2 Å². The molecule has 90 valence electrons. The van der Waals surface area contributed by atoms with E-state index in [1.807, 2.05) is 0 Å². The van der Waals surface area contributed by atoms with Crippen LogP contribution in [0.4, 0.5) is 4.39 Å². The van der Waals surface area contributed by atoms with Gasteiger partial charge >= 0.3 is 0 Å². The molecular weight excluding hydrogens is 277 g/mol. The molecule has 0 aromatic heterocycles. The number of nitrogens with two attached hydrogens (primary N) is 1. The predicted octanol–water partition coefficient (Wildman–Crippen LogP) is 2.50. The first-order valence-electron chi connectivity index (χ1n) is 4.94. The summed E-state index contributed by atoms with van der Waals surface area (Å²) < 4.78 is 24.2. The second-order valence-electron chi connectivity index (χ2n) is 3.29. The lowest BCUT2D eigenvalue weighted by atomic mass is 10.1. The molecule has 0 bridgehead atoms. The maximum Gasteiger partial charge on any atom is 0.198 e. The van der Waals surface area contributed by atoms with E-state index >= 15 is 0 Å². The number of methoxy groups -OCH3 is 2. The van der Waals surface area contributed by atoms with Gasteiger partial charge in [0.25, 0.3) is 0 Å². The number of benzene rings is 1. The Morgan fingerprint density at radius 2 is 1.94 bits per heavy atom. The fraction of sp³-hybridized carbons (Fsp3) is 0.455. The summed E-state index contributed by atoms with van der Waals surface area (Å²) in [5.41, 5.74) is 6.34. The van der Waals surface area contributed by atoms with E-state index in [1.165, 1.54) is 14.2 Å². The van der Waals surface area contributed by atoms with Gasteiger partial charge in [-0.15, -0.1) is 0 Å². The molecule has 0 fully saturated rings. The van der Waals surface area contributed by atoms with Crippen molar-refractivity contribution in [1.29, 1.82) is 0 Å². The zero-order chi connectivity index (χ0) is 12.1. The summed E-state index contributed by atoms with van der Waals surface area (Å²) in [5, 5.41) is 0. The van der Waals surface area contributed by atoms with Crippen molar-refractivity contribution >= 4 is 15.9 Å². The van der Waals surface area contributed by atoms with Crippen molar-refractivity contribution in [3.8, 4) is 11.5 Å². The van der Waals surface area contributed by atoms with E-state index in [-0.39, 0.29) is 5.75 Å². The van der Waals surface area contributed by atoms with Crippen LogP contribution in [-0.4, -0.2) is 20.8 Å². The summed E-state index contributed by atoms with van der Waals surface area (Å²) in [6.07, 6.45) is 1.55. The quantitative estimate of drug-likeness (QED) is 0.907. The molecular formula is C11H15BrFNO2. The summed E-state index contributed by atoms with van der Waals surface area (Å²) in [5.74, 6) is 0.122. The molecule has 2 N–H and O–H groups in total. The molecule has 16 heavy (non-hydrogen) atoms. The largest absolute Gasteiger partial charge is 0.492 e. The highest BCUT2D eigenvalue weighted by atomic mass is 79.9. The molecule has 0 spiro atoms. The lowest BCUT2D eigenvalue weighted by Crippen LogP contribution is -2.04. The molecule has 0 atom stereocenters. The van der Waals surface area contributed by atoms with Crippen molar-refractivity contribution in [2.75, 3.05) is 20.8 Å². The summed E-state index contributed by atoms with van der Waals surface area (Å²) >= 11 is 3.15. The van der Waals surface area contributed by atoms with E-state index in [9.17, 15) is 4.39 Å². The number of hydrogen-bond acceptors (Lipinski definition) is 3. The Bertz CT molecular complexity index is 371. The van der Waals surface area contributed by atoms with Crippen LogP contribution in [0, 0.1) is 5.82 Å². The number of hydrogen-bond donors (Lipinski definition) is 1. The van der Waals surface area contributed by atoms with Crippen LogP contribution in [0.1, 0.15) is 12.0 Å². The summed E-state index contributed by atoms with van der Waals surface area (Å²) in [6.45, 7) is 0.584. The van der Waals surface area contributed by atoms with Gasteiger partial charge in [-0.05, 0) is 46.9 Å². The number of rotatable bonds is 5. The standard InChI is InChI=1S/C11H15BrFNO2/c1-15-10-7(4-3-5-14)6-8(12)9(13)11(10)16-2/h6H,3-5,14H2,1-2H3. The van der Waals surface area contributed by atoms with E-state index in [0.717, 1.165) is 18.4 Å². The Hall–Kier alpha value is -0.810. The second kappa shape index (κ2) is 6.06. The average Bonchev–Trinajstić information content (AvgIpc) is 2.29. The maximum absolute atomic E-state index is 13.7. The second-order valence-corrected chi connectivity index (χ2v) is 4.14. The van der Waals surface area contributed by atoms with Gasteiger partial charge in [0.1, 0.15) is 0 Å². The van der Waals surface area contributed by atoms with E-state index in [2.05, 4.69) is 15.9 Å². The molecule has 1 rings (SSSR count). The van der Waals surface area contributed by atoms with Gasteiger partial charge in [0.2, 0.25) is 0 Å². The van der Waals surface area contributed by atoms with Gasteiger partial charge in [0, 0.05) is 0 Å². The van der Waals surface area contributed by atoms with Crippen molar-refractivity contribution < 1.29 is 13.9 Å². The average molecular weight is 292 g/mol. The zero-order valence-corrected chi connectivity index (χ0v) is 10.9. The van der Waals surface area contributed by atoms with Gasteiger partial charge in [0.05, 0.1) is 18.7 Å². The first kappa shape index (κ1) is 13.3. The highest BCUT2D eigenvalue weighted by Gasteiger charge is 2.18. The van der Waals surface area contributed by atoms with Gasteiger partial charge in [-0.3, -0.25) is 0 Å². The zero-order valence-electron chi connectivity index (χ0n) is 9.35. The van der Waals surface area contributed by atoms with Crippen LogP contribution in [-0.2, 0) is 6.42 Å². The van der Waals surface area contributed by atoms with Gasteiger partial charge in [0.15, 0.2) is 17.3 Å². The van der Waals surface area contributed by atoms with Crippen molar-refractivity contribution in [1.82, 2.24) is 0 Å². The minimum atomic E-state index is -0.448. The topological polar surface area (TPSA) is 44.5 Å². The van der Waals surface area contributed by atoms with Crippen LogP contribution in [0.2, 0.25) is 0 Å². The SMILES string of the molecule is COc1c(CCCN)cc(Br)c(F)c1OC. The third kappa shape index (κ3) is 2.65. The van der Waals surface area contributed by atoms with Crippen LogP contribution in [0.25, 0.3) is 0 Å². The fourth-order valence-electron chi connectivity index (χ4n) is 1.52. The first-order valence-corrected chi connectivity index (χ1v) is 5.73. The summed E-state index contributed by atoms with van der Waals surface area (Å²) in [6, 6.07) is 1.70. The van der Waals surface area contributed by atoms with E-state index < -0.39 is 5.82 Å². The molecule has 3 nitrogen and oxygen atoms in total. The molecule has 0 radical (unpaired) electrons. The third-order valence-corrected chi connectivity index (χ3v) is 2.84. The molecule has 1 aromatic carbocycles. The van der Waals surface area contributed by atoms with E-state index in [4.69, 9.17) is 15.2 Å². The van der Waals surface area contributed by atoms with Crippen molar-refractivity contribution in [2.45, 2.75) is 12.8 Å². The predicted molar refractivity (Wildman–Crippen MR) is 64.6 cm³/mol. The van der Waals surface area contributed by atoms with Crippen LogP contribution in [0.3, 0.4) is 0 Å². The Kier molecular flexibility index (Phi) is 5.02. The lowest BCUT2D eigenvalue weighted by Gasteiger charge is -2.14. The molecule has 5 heteroatoms. The number of aryl methyl sites for hydroxylation is 1. The van der Waals surface area contributed by atoms with E-state index in [0.29, 0.717) is 16.8 Å². The number of ether oxygens (including phenoxy) is 2. The smallest absolute Gasteiger partial charge is 0.198 e. The molecule has 0 unspecified atom stereocenters. The molecule has 0 amide bonds. The number of halogens is 2. The molecule has 0 heterocycles. The molecule has 0 saturated heterocycles. The van der Waals surface area contributed by atoms with Gasteiger partial charge in [-0.25, -0.2) is 4.39 Å². The maximum atomic E-state index is 13.7. The summed E-state index contributed by atoms with van der Waals surface area (Å²) in [4.78, 5) is 0. The Morgan fingerprint density at radius 1 is 1.31 bits per heavy atom. The van der Waals surface area contributed by atoms with Crippen molar-refractivity contribution in [3.05, 3.63) is 21.9 Å². The normalized spacial score (nSPS) is 10.3. The van der Waals surface area contributed by atoms with Gasteiger partial charge in [-0.1, -0.05) is 0 Å². The van der Waals surface area contributed by atoms with Crippen LogP contribution in [0.5, 0.6) is 11.5 Å². The van der Waals surface area contributed by atoms with E-state index in [1.54, 1.807) is 6.07 Å². The van der Waals surface area contributed by atoms with Crippen molar-refractivity contribution in [3.63, 3.8) is 0 Å². The first-order chi connectivity index (χ1) is 7.65. The third-order valence-electron chi connectivity index (χ3n) is 2.27. The minimum absolute atomic E-state index is 0.129. The summed E-state index contributed by atoms with van der Waals surface area (Å²) in [7, 11) is 2.91. The van der Waals surface area contributed by atoms with Crippen LogP contribution in [0.15, 0.2) is 10.5 Å². The molecule has 0 aliphatic heterocycles. The van der Waals surface area contributed by atoms with Crippen molar-refractivity contribution in [2.24, 2.45) is 5.73 Å². The highest BCUT2D eigenvalue weighted by molar-refractivity contribution is 9.10. The molecule has 1 aromatic rings. The monoisotopic (exact) mass is 291 g/mol. The molecule has 0 saturated carbocycles. The Balaban J connectivity index is 3.20. The molecule has 0 aliphatic rings. The Morgan fingerprint density at radius 3 is 2.44 bits per heavy atom. The molecule has 0 aliphatic carbocycles. The highest BCUT2D eigenvalue weighted by Crippen LogP contribution is 2.38.